The van der Waals surface area contributed by atoms with E-state index >= 15 is 0 Å². The van der Waals surface area contributed by atoms with Crippen LogP contribution in [0.3, 0.4) is 0 Å². The monoisotopic (exact) mass is 237 g/mol. The summed E-state index contributed by atoms with van der Waals surface area (Å²) in [6.07, 6.45) is 6.19. The Kier molecular flexibility index (Phi) is 10.3. The third kappa shape index (κ3) is 6.74. The van der Waals surface area contributed by atoms with Gasteiger partial charge in [0.25, 0.3) is 0 Å². The molecule has 0 fully saturated rings. The van der Waals surface area contributed by atoms with Gasteiger partial charge >= 0.3 is 5.97 Å². The fraction of sp³-hybridized carbons (Fsp3) is 0.909. The molecule has 0 saturated heterocycles. The molecule has 0 aliphatic rings. The third-order valence-corrected chi connectivity index (χ3v) is 2.63. The molecule has 3 nitrogen and oxygen atoms in total. The minimum Gasteiger partial charge on any atom is -0.480 e. The fourth-order valence-corrected chi connectivity index (χ4v) is 1.52. The maximum Gasteiger partial charge on any atom is 0.323 e. The van der Waals surface area contributed by atoms with Crippen molar-refractivity contribution in [1.29, 1.82) is 0 Å². The predicted molar refractivity (Wildman–Crippen MR) is 65.5 cm³/mol. The first-order valence-electron chi connectivity index (χ1n) is 5.59. The molecule has 0 saturated carbocycles. The number of halogens is 1. The Labute approximate surface area is 98.8 Å². The summed E-state index contributed by atoms with van der Waals surface area (Å²) in [5.41, 5.74) is 4.89. The normalized spacial score (nSPS) is 14.1. The molecule has 92 valence electrons. The molecule has 0 rings (SSSR count). The van der Waals surface area contributed by atoms with Gasteiger partial charge in [-0.15, -0.1) is 12.4 Å². The van der Waals surface area contributed by atoms with Crippen molar-refractivity contribution < 1.29 is 9.90 Å². The molecule has 0 radical (unpaired) electrons. The van der Waals surface area contributed by atoms with Crippen LogP contribution in [0.4, 0.5) is 0 Å². The Morgan fingerprint density at radius 1 is 1.13 bits per heavy atom. The van der Waals surface area contributed by atoms with Gasteiger partial charge in [-0.3, -0.25) is 4.79 Å². The van der Waals surface area contributed by atoms with Crippen molar-refractivity contribution in [3.63, 3.8) is 0 Å². The lowest BCUT2D eigenvalue weighted by Crippen LogP contribution is -2.47. The van der Waals surface area contributed by atoms with E-state index in [9.17, 15) is 4.79 Å². The Balaban J connectivity index is 0. The molecule has 0 aromatic carbocycles. The summed E-state index contributed by atoms with van der Waals surface area (Å²) in [5.74, 6) is -0.845. The van der Waals surface area contributed by atoms with Crippen molar-refractivity contribution in [2.24, 2.45) is 5.73 Å². The van der Waals surface area contributed by atoms with Crippen LogP contribution in [0.5, 0.6) is 0 Å². The lowest BCUT2D eigenvalue weighted by molar-refractivity contribution is -0.144. The molecule has 0 aromatic heterocycles. The van der Waals surface area contributed by atoms with Crippen molar-refractivity contribution in [1.82, 2.24) is 0 Å². The molecule has 0 aromatic rings. The van der Waals surface area contributed by atoms with Crippen LogP contribution in [-0.4, -0.2) is 16.6 Å². The van der Waals surface area contributed by atoms with E-state index < -0.39 is 11.5 Å². The summed E-state index contributed by atoms with van der Waals surface area (Å²) >= 11 is 0. The zero-order valence-corrected chi connectivity index (χ0v) is 10.6. The van der Waals surface area contributed by atoms with E-state index in [0.717, 1.165) is 32.1 Å². The zero-order chi connectivity index (χ0) is 11.0. The third-order valence-electron chi connectivity index (χ3n) is 2.63. The smallest absolute Gasteiger partial charge is 0.323 e. The van der Waals surface area contributed by atoms with E-state index in [2.05, 4.69) is 6.92 Å². The largest absolute Gasteiger partial charge is 0.480 e. The van der Waals surface area contributed by atoms with Gasteiger partial charge < -0.3 is 10.8 Å². The minimum absolute atomic E-state index is 0. The van der Waals surface area contributed by atoms with Crippen molar-refractivity contribution >= 4 is 18.4 Å². The highest BCUT2D eigenvalue weighted by molar-refractivity contribution is 5.85. The SMILES string of the molecule is CCCCCC(N)(CCCC)C(=O)O.Cl. The highest BCUT2D eigenvalue weighted by Gasteiger charge is 2.32. The van der Waals surface area contributed by atoms with E-state index in [0.29, 0.717) is 12.8 Å². The molecule has 0 amide bonds. The lowest BCUT2D eigenvalue weighted by atomic mass is 9.88. The first kappa shape index (κ1) is 17.1. The maximum absolute atomic E-state index is 11.0. The average Bonchev–Trinajstić information content (AvgIpc) is 2.15. The molecule has 15 heavy (non-hydrogen) atoms. The molecule has 0 aliphatic carbocycles. The highest BCUT2D eigenvalue weighted by Crippen LogP contribution is 2.19. The second-order valence-electron chi connectivity index (χ2n) is 4.02. The number of carbonyl (C=O) groups is 1. The number of carboxylic acids is 1. The Morgan fingerprint density at radius 3 is 2.00 bits per heavy atom. The summed E-state index contributed by atoms with van der Waals surface area (Å²) in [7, 11) is 0. The Bertz CT molecular complexity index is 176. The lowest BCUT2D eigenvalue weighted by Gasteiger charge is -2.24. The molecule has 0 heterocycles. The summed E-state index contributed by atoms with van der Waals surface area (Å²) in [5, 5.41) is 9.03. The van der Waals surface area contributed by atoms with Gasteiger partial charge in [0.1, 0.15) is 5.54 Å². The van der Waals surface area contributed by atoms with Crippen molar-refractivity contribution in [3.8, 4) is 0 Å². The van der Waals surface area contributed by atoms with Gasteiger partial charge in [-0.2, -0.15) is 0 Å². The van der Waals surface area contributed by atoms with Gasteiger partial charge in [-0.25, -0.2) is 0 Å². The molecule has 0 spiro atoms. The number of hydrogen-bond acceptors (Lipinski definition) is 2. The molecule has 1 atom stereocenters. The number of aliphatic carboxylic acids is 1. The van der Waals surface area contributed by atoms with E-state index in [1.165, 1.54) is 0 Å². The van der Waals surface area contributed by atoms with Crippen molar-refractivity contribution in [3.05, 3.63) is 0 Å². The Morgan fingerprint density at radius 2 is 1.60 bits per heavy atom. The van der Waals surface area contributed by atoms with Crippen LogP contribution < -0.4 is 5.73 Å². The summed E-state index contributed by atoms with van der Waals surface area (Å²) in [4.78, 5) is 11.0. The molecule has 4 heteroatoms. The van der Waals surface area contributed by atoms with Crippen LogP contribution in [0.15, 0.2) is 0 Å². The second kappa shape index (κ2) is 8.98. The molecule has 3 N–H and O–H groups in total. The van der Waals surface area contributed by atoms with Crippen molar-refractivity contribution in [2.75, 3.05) is 0 Å². The first-order valence-corrected chi connectivity index (χ1v) is 5.59. The fourth-order valence-electron chi connectivity index (χ4n) is 1.52. The van der Waals surface area contributed by atoms with Crippen molar-refractivity contribution in [2.45, 2.75) is 64.3 Å². The van der Waals surface area contributed by atoms with Gasteiger partial charge in [0.15, 0.2) is 0 Å². The van der Waals surface area contributed by atoms with E-state index in [-0.39, 0.29) is 12.4 Å². The molecular formula is C11H24ClNO2. The molecular weight excluding hydrogens is 214 g/mol. The quantitative estimate of drug-likeness (QED) is 0.638. The van der Waals surface area contributed by atoms with E-state index in [1.54, 1.807) is 0 Å². The summed E-state index contributed by atoms with van der Waals surface area (Å²) in [6, 6.07) is 0. The van der Waals surface area contributed by atoms with Crippen LogP contribution in [0, 0.1) is 0 Å². The van der Waals surface area contributed by atoms with Gasteiger partial charge in [-0.1, -0.05) is 46.0 Å². The van der Waals surface area contributed by atoms with Crippen LogP contribution in [-0.2, 0) is 4.79 Å². The van der Waals surface area contributed by atoms with Gasteiger partial charge in [-0.05, 0) is 12.8 Å². The molecule has 0 aliphatic heterocycles. The van der Waals surface area contributed by atoms with Crippen LogP contribution >= 0.6 is 12.4 Å². The number of carboxylic acid groups (broad SMARTS) is 1. The Hall–Kier alpha value is -0.280. The van der Waals surface area contributed by atoms with Gasteiger partial charge in [0.05, 0.1) is 0 Å². The maximum atomic E-state index is 11.0. The average molecular weight is 238 g/mol. The standard InChI is InChI=1S/C11H23NO2.ClH/c1-3-5-7-9-11(12,10(13)14)8-6-4-2;/h3-9,12H2,1-2H3,(H,13,14);1H. The minimum atomic E-state index is -0.981. The van der Waals surface area contributed by atoms with Crippen LogP contribution in [0.25, 0.3) is 0 Å². The topological polar surface area (TPSA) is 63.3 Å². The predicted octanol–water partition coefficient (Wildman–Crippen LogP) is 2.96. The number of rotatable bonds is 8. The molecule has 0 bridgehead atoms. The first-order chi connectivity index (χ1) is 6.56. The van der Waals surface area contributed by atoms with Crippen LogP contribution in [0.2, 0.25) is 0 Å². The van der Waals surface area contributed by atoms with Gasteiger partial charge in [0, 0.05) is 0 Å². The summed E-state index contributed by atoms with van der Waals surface area (Å²) < 4.78 is 0. The number of unbranched alkanes of at least 4 members (excludes halogenated alkanes) is 3. The highest BCUT2D eigenvalue weighted by atomic mass is 35.5. The number of nitrogens with two attached hydrogens (primary N) is 1. The molecule has 1 unspecified atom stereocenters. The summed E-state index contributed by atoms with van der Waals surface area (Å²) in [6.45, 7) is 4.15. The van der Waals surface area contributed by atoms with Gasteiger partial charge in [0.2, 0.25) is 0 Å². The van der Waals surface area contributed by atoms with E-state index in [1.807, 2.05) is 6.92 Å². The number of hydrogen-bond donors (Lipinski definition) is 2. The van der Waals surface area contributed by atoms with E-state index in [4.69, 9.17) is 10.8 Å². The second-order valence-corrected chi connectivity index (χ2v) is 4.02. The van der Waals surface area contributed by atoms with Crippen LogP contribution in [0.1, 0.15) is 58.8 Å². The zero-order valence-electron chi connectivity index (χ0n) is 9.79.